The predicted molar refractivity (Wildman–Crippen MR) is 88.4 cm³/mol. The average Bonchev–Trinajstić information content (AvgIpc) is 3.11. The quantitative estimate of drug-likeness (QED) is 0.633. The van der Waals surface area contributed by atoms with E-state index in [4.69, 9.17) is 0 Å². The monoisotopic (exact) mass is 379 g/mol. The number of benzene rings is 1. The van der Waals surface area contributed by atoms with Crippen LogP contribution in [0.15, 0.2) is 30.6 Å². The number of alkyl halides is 3. The normalized spacial score (nSPS) is 14.3. The van der Waals surface area contributed by atoms with Crippen LogP contribution in [0, 0.1) is 5.82 Å². The second-order valence-electron chi connectivity index (χ2n) is 6.16. The van der Waals surface area contributed by atoms with Gasteiger partial charge in [0.15, 0.2) is 5.65 Å². The summed E-state index contributed by atoms with van der Waals surface area (Å²) >= 11 is 0. The first-order valence-corrected chi connectivity index (χ1v) is 8.06. The van der Waals surface area contributed by atoms with Gasteiger partial charge < -0.3 is 10.2 Å². The maximum atomic E-state index is 13.9. The Balaban J connectivity index is 1.59. The van der Waals surface area contributed by atoms with E-state index in [1.165, 1.54) is 4.90 Å². The van der Waals surface area contributed by atoms with Crippen molar-refractivity contribution in [3.63, 3.8) is 0 Å². The third-order valence-electron chi connectivity index (χ3n) is 4.51. The highest BCUT2D eigenvalue weighted by Gasteiger charge is 2.36. The number of rotatable bonds is 1. The fourth-order valence-electron chi connectivity index (χ4n) is 3.20. The summed E-state index contributed by atoms with van der Waals surface area (Å²) in [4.78, 5) is 18.0. The Morgan fingerprint density at radius 2 is 2.07 bits per heavy atom. The number of nitrogens with one attached hydrogen (secondary N) is 2. The molecule has 27 heavy (non-hydrogen) atoms. The first-order valence-electron chi connectivity index (χ1n) is 8.06. The minimum Gasteiger partial charge on any atom is -0.320 e. The van der Waals surface area contributed by atoms with Gasteiger partial charge in [-0.25, -0.2) is 14.2 Å². The van der Waals surface area contributed by atoms with Crippen molar-refractivity contribution in [2.75, 3.05) is 11.9 Å². The van der Waals surface area contributed by atoms with Crippen molar-refractivity contribution < 1.29 is 22.4 Å². The molecule has 0 unspecified atom stereocenters. The number of fused-ring (bicyclic) bond motifs is 3. The number of aromatic amines is 1. The summed E-state index contributed by atoms with van der Waals surface area (Å²) in [6, 6.07) is 1.75. The maximum Gasteiger partial charge on any atom is 0.418 e. The second kappa shape index (κ2) is 6.22. The van der Waals surface area contributed by atoms with E-state index in [2.05, 4.69) is 20.5 Å². The third kappa shape index (κ3) is 3.07. The molecule has 3 heterocycles. The number of amides is 2. The summed E-state index contributed by atoms with van der Waals surface area (Å²) in [7, 11) is 0. The number of para-hydroxylation sites is 1. The molecule has 0 aliphatic carbocycles. The molecule has 0 spiro atoms. The highest BCUT2D eigenvalue weighted by atomic mass is 19.4. The molecule has 0 saturated heterocycles. The van der Waals surface area contributed by atoms with Gasteiger partial charge in [-0.2, -0.15) is 18.3 Å². The Bertz CT molecular complexity index is 1030. The van der Waals surface area contributed by atoms with Gasteiger partial charge in [0, 0.05) is 24.7 Å². The van der Waals surface area contributed by atoms with E-state index in [0.717, 1.165) is 34.7 Å². The number of carbonyl (C=O) groups is 1. The van der Waals surface area contributed by atoms with E-state index in [9.17, 15) is 22.4 Å². The molecule has 4 rings (SSSR count). The molecule has 2 N–H and O–H groups in total. The highest BCUT2D eigenvalue weighted by molar-refractivity contribution is 5.91. The lowest BCUT2D eigenvalue weighted by atomic mass is 9.99. The molecular weight excluding hydrogens is 366 g/mol. The van der Waals surface area contributed by atoms with Gasteiger partial charge in [0.2, 0.25) is 0 Å². The van der Waals surface area contributed by atoms with Crippen LogP contribution in [0.2, 0.25) is 0 Å². The van der Waals surface area contributed by atoms with Gasteiger partial charge in [-0.3, -0.25) is 5.10 Å². The molecule has 2 amide bonds. The number of halogens is 4. The van der Waals surface area contributed by atoms with E-state index in [-0.39, 0.29) is 13.1 Å². The molecule has 0 bridgehead atoms. The summed E-state index contributed by atoms with van der Waals surface area (Å²) in [5.74, 6) is -1.14. The number of pyridine rings is 1. The largest absolute Gasteiger partial charge is 0.418 e. The van der Waals surface area contributed by atoms with Crippen LogP contribution in [0.4, 0.5) is 28.0 Å². The van der Waals surface area contributed by atoms with Crippen LogP contribution in [-0.2, 0) is 19.1 Å². The molecule has 6 nitrogen and oxygen atoms in total. The smallest absolute Gasteiger partial charge is 0.320 e. The second-order valence-corrected chi connectivity index (χ2v) is 6.16. The van der Waals surface area contributed by atoms with Crippen molar-refractivity contribution in [3.8, 4) is 0 Å². The fraction of sp³-hybridized carbons (Fsp3) is 0.235. The van der Waals surface area contributed by atoms with E-state index in [1.54, 1.807) is 12.4 Å². The van der Waals surface area contributed by atoms with Crippen molar-refractivity contribution in [3.05, 3.63) is 53.1 Å². The SMILES string of the molecule is O=C(Nc1c(F)cccc1C(F)(F)F)N1CCc2c(cnc3[nH]ncc23)C1. The Morgan fingerprint density at radius 3 is 2.85 bits per heavy atom. The molecule has 3 aromatic rings. The van der Waals surface area contributed by atoms with Gasteiger partial charge >= 0.3 is 12.2 Å². The number of nitrogens with zero attached hydrogens (tertiary/aromatic N) is 3. The Hall–Kier alpha value is -3.17. The number of carbonyl (C=O) groups excluding carboxylic acids is 1. The zero-order valence-electron chi connectivity index (χ0n) is 13.8. The summed E-state index contributed by atoms with van der Waals surface area (Å²) in [6.45, 7) is 0.435. The van der Waals surface area contributed by atoms with Crippen LogP contribution in [-0.4, -0.2) is 32.7 Å². The number of anilines is 1. The Morgan fingerprint density at radius 1 is 1.26 bits per heavy atom. The standard InChI is InChI=1S/C17H13F4N5O/c18-13-3-1-2-12(17(19,20)21)14(13)24-16(27)26-5-4-10-9(8-26)6-22-15-11(10)7-23-25-15/h1-3,6-7H,4-5,8H2,(H,24,27)(H,22,23,25). The number of hydrogen-bond acceptors (Lipinski definition) is 3. The van der Waals surface area contributed by atoms with Crippen molar-refractivity contribution >= 4 is 22.8 Å². The van der Waals surface area contributed by atoms with Crippen LogP contribution in [0.5, 0.6) is 0 Å². The van der Waals surface area contributed by atoms with Crippen LogP contribution >= 0.6 is 0 Å². The Labute approximate surface area is 150 Å². The summed E-state index contributed by atoms with van der Waals surface area (Å²) < 4.78 is 53.2. The van der Waals surface area contributed by atoms with Gasteiger partial charge in [0.05, 0.1) is 17.4 Å². The third-order valence-corrected chi connectivity index (χ3v) is 4.51. The van der Waals surface area contributed by atoms with E-state index >= 15 is 0 Å². The minimum atomic E-state index is -4.78. The molecule has 2 aromatic heterocycles. The van der Waals surface area contributed by atoms with Crippen molar-refractivity contribution in [1.29, 1.82) is 0 Å². The molecule has 10 heteroatoms. The lowest BCUT2D eigenvalue weighted by molar-refractivity contribution is -0.137. The molecule has 1 aliphatic heterocycles. The zero-order chi connectivity index (χ0) is 19.2. The lowest BCUT2D eigenvalue weighted by Gasteiger charge is -2.29. The van der Waals surface area contributed by atoms with E-state index < -0.39 is 29.3 Å². The fourth-order valence-corrected chi connectivity index (χ4v) is 3.20. The van der Waals surface area contributed by atoms with Crippen LogP contribution in [0.3, 0.4) is 0 Å². The molecular formula is C17H13F4N5O. The molecule has 140 valence electrons. The number of aromatic nitrogens is 3. The highest BCUT2D eigenvalue weighted by Crippen LogP contribution is 2.36. The molecule has 1 aliphatic rings. The number of urea groups is 1. The molecule has 0 saturated carbocycles. The molecule has 1 aromatic carbocycles. The predicted octanol–water partition coefficient (Wildman–Crippen LogP) is 3.71. The zero-order valence-corrected chi connectivity index (χ0v) is 13.8. The maximum absolute atomic E-state index is 13.9. The van der Waals surface area contributed by atoms with Gasteiger partial charge in [0.25, 0.3) is 0 Å². The number of H-pyrrole nitrogens is 1. The lowest BCUT2D eigenvalue weighted by Crippen LogP contribution is -2.39. The van der Waals surface area contributed by atoms with Crippen molar-refractivity contribution in [1.82, 2.24) is 20.1 Å². The summed E-state index contributed by atoms with van der Waals surface area (Å²) in [6.07, 6.45) is -1.05. The van der Waals surface area contributed by atoms with Gasteiger partial charge in [-0.15, -0.1) is 0 Å². The van der Waals surface area contributed by atoms with Gasteiger partial charge in [-0.05, 0) is 29.7 Å². The summed E-state index contributed by atoms with van der Waals surface area (Å²) in [5.41, 5.74) is 0.293. The molecule has 0 atom stereocenters. The van der Waals surface area contributed by atoms with E-state index in [1.807, 2.05) is 0 Å². The van der Waals surface area contributed by atoms with Crippen molar-refractivity contribution in [2.45, 2.75) is 19.1 Å². The number of hydrogen-bond donors (Lipinski definition) is 2. The van der Waals surface area contributed by atoms with Gasteiger partial charge in [-0.1, -0.05) is 6.07 Å². The van der Waals surface area contributed by atoms with Crippen LogP contribution < -0.4 is 5.32 Å². The topological polar surface area (TPSA) is 73.9 Å². The average molecular weight is 379 g/mol. The summed E-state index contributed by atoms with van der Waals surface area (Å²) in [5, 5.41) is 9.61. The molecule has 0 radical (unpaired) electrons. The first-order chi connectivity index (χ1) is 12.8. The van der Waals surface area contributed by atoms with Crippen LogP contribution in [0.25, 0.3) is 11.0 Å². The van der Waals surface area contributed by atoms with Crippen molar-refractivity contribution in [2.24, 2.45) is 0 Å². The Kier molecular flexibility index (Phi) is 3.97. The molecule has 0 fully saturated rings. The van der Waals surface area contributed by atoms with Gasteiger partial charge in [0.1, 0.15) is 5.82 Å². The van der Waals surface area contributed by atoms with E-state index in [0.29, 0.717) is 12.1 Å². The minimum absolute atomic E-state index is 0.158. The van der Waals surface area contributed by atoms with Crippen LogP contribution in [0.1, 0.15) is 16.7 Å². The first kappa shape index (κ1) is 17.3.